The Hall–Kier alpha value is -2.99. The minimum atomic E-state index is 0.711. The molecule has 0 spiro atoms. The van der Waals surface area contributed by atoms with E-state index >= 15 is 0 Å². The lowest BCUT2D eigenvalue weighted by atomic mass is 10.1. The van der Waals surface area contributed by atoms with Crippen LogP contribution in [0.3, 0.4) is 0 Å². The fraction of sp³-hybridized carbons (Fsp3) is 0.250. The van der Waals surface area contributed by atoms with Gasteiger partial charge in [0.15, 0.2) is 5.82 Å². The van der Waals surface area contributed by atoms with E-state index in [0.29, 0.717) is 5.82 Å². The highest BCUT2D eigenvalue weighted by Crippen LogP contribution is 2.27. The molecule has 4 rings (SSSR count). The van der Waals surface area contributed by atoms with Crippen LogP contribution in [0.1, 0.15) is 0 Å². The minimum absolute atomic E-state index is 0.711. The van der Waals surface area contributed by atoms with Crippen LogP contribution in [0.15, 0.2) is 54.9 Å². The van der Waals surface area contributed by atoms with Crippen molar-refractivity contribution in [1.29, 1.82) is 0 Å². The van der Waals surface area contributed by atoms with Crippen LogP contribution in [-0.4, -0.2) is 48.2 Å². The zero-order chi connectivity index (χ0) is 17.8. The molecule has 1 saturated heterocycles. The van der Waals surface area contributed by atoms with E-state index in [1.165, 1.54) is 0 Å². The molecule has 0 saturated carbocycles. The zero-order valence-electron chi connectivity index (χ0n) is 14.7. The van der Waals surface area contributed by atoms with Gasteiger partial charge < -0.3 is 15.0 Å². The van der Waals surface area contributed by atoms with Gasteiger partial charge in [-0.25, -0.2) is 9.97 Å². The van der Waals surface area contributed by atoms with Crippen LogP contribution < -0.4 is 15.0 Å². The van der Waals surface area contributed by atoms with Gasteiger partial charge in [0.1, 0.15) is 11.6 Å². The topological polar surface area (TPSA) is 63.2 Å². The normalized spacial score (nSPS) is 14.3. The number of rotatable bonds is 4. The smallest absolute Gasteiger partial charge is 0.162 e. The predicted octanol–water partition coefficient (Wildman–Crippen LogP) is 2.62. The molecule has 26 heavy (non-hydrogen) atoms. The first kappa shape index (κ1) is 16.5. The van der Waals surface area contributed by atoms with E-state index in [1.807, 2.05) is 42.6 Å². The average Bonchev–Trinajstić information content (AvgIpc) is 2.75. The largest absolute Gasteiger partial charge is 0.497 e. The lowest BCUT2D eigenvalue weighted by Gasteiger charge is -2.29. The molecule has 0 unspecified atom stereocenters. The van der Waals surface area contributed by atoms with E-state index in [-0.39, 0.29) is 0 Å². The fourth-order valence-electron chi connectivity index (χ4n) is 3.02. The van der Waals surface area contributed by atoms with E-state index in [1.54, 1.807) is 13.3 Å². The highest BCUT2D eigenvalue weighted by Gasteiger charge is 2.16. The Kier molecular flexibility index (Phi) is 4.75. The highest BCUT2D eigenvalue weighted by molar-refractivity contribution is 5.67. The Balaban J connectivity index is 1.78. The van der Waals surface area contributed by atoms with Crippen molar-refractivity contribution < 1.29 is 4.74 Å². The molecule has 1 N–H and O–H groups in total. The van der Waals surface area contributed by atoms with Gasteiger partial charge in [-0.05, 0) is 36.4 Å². The van der Waals surface area contributed by atoms with E-state index in [9.17, 15) is 0 Å². The fourth-order valence-corrected chi connectivity index (χ4v) is 3.02. The summed E-state index contributed by atoms with van der Waals surface area (Å²) in [6, 6.07) is 13.8. The quantitative estimate of drug-likeness (QED) is 0.783. The molecule has 0 atom stereocenters. The third kappa shape index (κ3) is 3.50. The third-order valence-electron chi connectivity index (χ3n) is 4.46. The maximum absolute atomic E-state index is 5.25. The summed E-state index contributed by atoms with van der Waals surface area (Å²) in [6.07, 6.45) is 3.61. The summed E-state index contributed by atoms with van der Waals surface area (Å²) >= 11 is 0. The number of aromatic nitrogens is 3. The summed E-state index contributed by atoms with van der Waals surface area (Å²) in [7, 11) is 1.66. The molecule has 0 bridgehead atoms. The Morgan fingerprint density at radius 2 is 1.81 bits per heavy atom. The first-order chi connectivity index (χ1) is 12.8. The molecule has 0 radical (unpaired) electrons. The summed E-state index contributed by atoms with van der Waals surface area (Å²) in [5.41, 5.74) is 2.83. The van der Waals surface area contributed by atoms with Crippen molar-refractivity contribution in [3.63, 3.8) is 0 Å². The maximum Gasteiger partial charge on any atom is 0.162 e. The van der Waals surface area contributed by atoms with Crippen molar-refractivity contribution >= 4 is 5.82 Å². The summed E-state index contributed by atoms with van der Waals surface area (Å²) in [4.78, 5) is 16.1. The molecule has 0 amide bonds. The van der Waals surface area contributed by atoms with E-state index in [2.05, 4.69) is 21.3 Å². The van der Waals surface area contributed by atoms with Gasteiger partial charge >= 0.3 is 0 Å². The van der Waals surface area contributed by atoms with Crippen LogP contribution >= 0.6 is 0 Å². The Morgan fingerprint density at radius 3 is 2.50 bits per heavy atom. The van der Waals surface area contributed by atoms with Gasteiger partial charge in [-0.15, -0.1) is 0 Å². The summed E-state index contributed by atoms with van der Waals surface area (Å²) in [5, 5.41) is 3.38. The van der Waals surface area contributed by atoms with Gasteiger partial charge in [-0.1, -0.05) is 0 Å². The number of hydrogen-bond donors (Lipinski definition) is 1. The van der Waals surface area contributed by atoms with E-state index < -0.39 is 0 Å². The van der Waals surface area contributed by atoms with Crippen molar-refractivity contribution in [3.8, 4) is 28.4 Å². The number of anilines is 1. The number of benzene rings is 1. The number of piperazine rings is 1. The van der Waals surface area contributed by atoms with Gasteiger partial charge in [-0.2, -0.15) is 0 Å². The molecule has 1 aliphatic rings. The lowest BCUT2D eigenvalue weighted by Crippen LogP contribution is -2.44. The second-order valence-corrected chi connectivity index (χ2v) is 6.14. The number of nitrogens with zero attached hydrogens (tertiary/aromatic N) is 4. The standard InChI is InChI=1S/C20H21N5O/c1-26-17-6-4-15(5-7-17)20-23-18(16-3-2-8-22-14-16)13-19(24-20)25-11-9-21-10-12-25/h2-8,13-14,21H,9-12H2,1H3. The van der Waals surface area contributed by atoms with Crippen molar-refractivity contribution in [3.05, 3.63) is 54.9 Å². The van der Waals surface area contributed by atoms with Gasteiger partial charge in [0.05, 0.1) is 12.8 Å². The van der Waals surface area contributed by atoms with Crippen LogP contribution in [0.25, 0.3) is 22.6 Å². The third-order valence-corrected chi connectivity index (χ3v) is 4.46. The number of pyridine rings is 1. The van der Waals surface area contributed by atoms with Crippen molar-refractivity contribution in [2.45, 2.75) is 0 Å². The van der Waals surface area contributed by atoms with E-state index in [4.69, 9.17) is 14.7 Å². The molecule has 1 fully saturated rings. The first-order valence-electron chi connectivity index (χ1n) is 8.73. The summed E-state index contributed by atoms with van der Waals surface area (Å²) in [5.74, 6) is 2.48. The Morgan fingerprint density at radius 1 is 1.00 bits per heavy atom. The van der Waals surface area contributed by atoms with Crippen molar-refractivity contribution in [2.75, 3.05) is 38.2 Å². The SMILES string of the molecule is COc1ccc(-c2nc(-c3cccnc3)cc(N3CCNCC3)n2)cc1. The van der Waals surface area contributed by atoms with Crippen LogP contribution in [-0.2, 0) is 0 Å². The highest BCUT2D eigenvalue weighted by atomic mass is 16.5. The molecular formula is C20H21N5O. The predicted molar refractivity (Wildman–Crippen MR) is 102 cm³/mol. The van der Waals surface area contributed by atoms with Gasteiger partial charge in [-0.3, -0.25) is 4.98 Å². The number of nitrogens with one attached hydrogen (secondary N) is 1. The average molecular weight is 347 g/mol. The molecule has 2 aromatic heterocycles. The molecule has 6 nitrogen and oxygen atoms in total. The van der Waals surface area contributed by atoms with Crippen molar-refractivity contribution in [1.82, 2.24) is 20.3 Å². The van der Waals surface area contributed by atoms with Crippen LogP contribution in [0.5, 0.6) is 5.75 Å². The Labute approximate surface area is 152 Å². The van der Waals surface area contributed by atoms with Crippen LogP contribution in [0.2, 0.25) is 0 Å². The zero-order valence-corrected chi connectivity index (χ0v) is 14.7. The van der Waals surface area contributed by atoms with Crippen molar-refractivity contribution in [2.24, 2.45) is 0 Å². The number of methoxy groups -OCH3 is 1. The second-order valence-electron chi connectivity index (χ2n) is 6.14. The number of ether oxygens (including phenoxy) is 1. The summed E-state index contributed by atoms with van der Waals surface area (Å²) in [6.45, 7) is 3.80. The molecule has 3 heterocycles. The maximum atomic E-state index is 5.25. The van der Waals surface area contributed by atoms with Gasteiger partial charge in [0.2, 0.25) is 0 Å². The lowest BCUT2D eigenvalue weighted by molar-refractivity contribution is 0.415. The molecular weight excluding hydrogens is 326 g/mol. The molecule has 1 aliphatic heterocycles. The molecule has 6 heteroatoms. The number of hydrogen-bond acceptors (Lipinski definition) is 6. The van der Waals surface area contributed by atoms with Gasteiger partial charge in [0.25, 0.3) is 0 Å². The summed E-state index contributed by atoms with van der Waals surface area (Å²) < 4.78 is 5.25. The second kappa shape index (κ2) is 7.49. The molecule has 3 aromatic rings. The minimum Gasteiger partial charge on any atom is -0.497 e. The monoisotopic (exact) mass is 347 g/mol. The van der Waals surface area contributed by atoms with Gasteiger partial charge in [0, 0.05) is 55.8 Å². The molecule has 132 valence electrons. The van der Waals surface area contributed by atoms with Crippen LogP contribution in [0.4, 0.5) is 5.82 Å². The first-order valence-corrected chi connectivity index (χ1v) is 8.73. The van der Waals surface area contributed by atoms with E-state index in [0.717, 1.165) is 54.6 Å². The molecule has 0 aliphatic carbocycles. The molecule has 1 aromatic carbocycles. The van der Waals surface area contributed by atoms with Crippen LogP contribution in [0, 0.1) is 0 Å². The Bertz CT molecular complexity index is 861.